The third-order valence-electron chi connectivity index (χ3n) is 7.82. The minimum absolute atomic E-state index is 0.0606. The first-order valence-corrected chi connectivity index (χ1v) is 16.5. The van der Waals surface area contributed by atoms with Gasteiger partial charge in [0, 0.05) is 28.6 Å². The number of anilines is 1. The van der Waals surface area contributed by atoms with Gasteiger partial charge in [-0.3, -0.25) is 19.3 Å². The molecular formula is C38H32FN7O2S2. The van der Waals surface area contributed by atoms with E-state index < -0.39 is 5.82 Å². The van der Waals surface area contributed by atoms with E-state index in [0.29, 0.717) is 38.0 Å². The quantitative estimate of drug-likeness (QED) is 0.0911. The van der Waals surface area contributed by atoms with E-state index in [4.69, 9.17) is 30.2 Å². The fraction of sp³-hybridized carbons (Fsp3) is 0.0526. The Bertz CT molecular complexity index is 2400. The summed E-state index contributed by atoms with van der Waals surface area (Å²) in [6.07, 6.45) is 0. The molecule has 0 fully saturated rings. The fourth-order valence-corrected chi connectivity index (χ4v) is 6.10. The third kappa shape index (κ3) is 6.49. The number of rotatable bonds is 4. The first-order valence-electron chi connectivity index (χ1n) is 15.7. The average molecular weight is 702 g/mol. The first kappa shape index (κ1) is 33.8. The lowest BCUT2D eigenvalue weighted by molar-refractivity contribution is 0.470. The van der Waals surface area contributed by atoms with Crippen LogP contribution in [0.4, 0.5) is 10.1 Å². The zero-order valence-electron chi connectivity index (χ0n) is 27.0. The van der Waals surface area contributed by atoms with Gasteiger partial charge in [0.15, 0.2) is 21.2 Å². The Morgan fingerprint density at radius 1 is 0.600 bits per heavy atom. The Hall–Kier alpha value is -6.11. The maximum Gasteiger partial charge on any atom is 0.200 e. The highest BCUT2D eigenvalue weighted by Gasteiger charge is 2.17. The van der Waals surface area contributed by atoms with Crippen molar-refractivity contribution >= 4 is 51.7 Å². The predicted octanol–water partition coefficient (Wildman–Crippen LogP) is 9.66. The van der Waals surface area contributed by atoms with E-state index in [0.717, 1.165) is 39.0 Å². The molecule has 2 heterocycles. The molecule has 250 valence electrons. The van der Waals surface area contributed by atoms with Gasteiger partial charge in [0.2, 0.25) is 0 Å². The van der Waals surface area contributed by atoms with Gasteiger partial charge in [0.25, 0.3) is 0 Å². The number of aromatic nitrogens is 6. The van der Waals surface area contributed by atoms with Gasteiger partial charge in [0.05, 0.1) is 22.5 Å². The van der Waals surface area contributed by atoms with E-state index in [1.54, 1.807) is 16.7 Å². The number of benzene rings is 6. The third-order valence-corrected chi connectivity index (χ3v) is 8.37. The largest absolute Gasteiger partial charge is 0.507 e. The van der Waals surface area contributed by atoms with Crippen LogP contribution in [0.2, 0.25) is 0 Å². The van der Waals surface area contributed by atoms with Crippen LogP contribution >= 0.6 is 24.4 Å². The summed E-state index contributed by atoms with van der Waals surface area (Å²) in [5.41, 5.74) is 8.91. The van der Waals surface area contributed by atoms with Crippen LogP contribution in [0.3, 0.4) is 0 Å². The Morgan fingerprint density at radius 3 is 1.52 bits per heavy atom. The number of aromatic hydroxyl groups is 2. The summed E-state index contributed by atoms with van der Waals surface area (Å²) in [6, 6.07) is 36.6. The van der Waals surface area contributed by atoms with Crippen LogP contribution in [0.5, 0.6) is 11.5 Å². The lowest BCUT2D eigenvalue weighted by Gasteiger charge is -2.11. The van der Waals surface area contributed by atoms with Crippen molar-refractivity contribution in [3.05, 3.63) is 137 Å². The first-order chi connectivity index (χ1) is 24.3. The van der Waals surface area contributed by atoms with Crippen molar-refractivity contribution in [2.75, 3.05) is 5.73 Å². The van der Waals surface area contributed by atoms with Crippen LogP contribution in [0.25, 0.3) is 55.7 Å². The van der Waals surface area contributed by atoms with Crippen LogP contribution in [-0.2, 0) is 0 Å². The van der Waals surface area contributed by atoms with Crippen molar-refractivity contribution in [2.45, 2.75) is 13.8 Å². The lowest BCUT2D eigenvalue weighted by atomic mass is 10.1. The summed E-state index contributed by atoms with van der Waals surface area (Å²) in [7, 11) is 0. The molecule has 0 aliphatic rings. The van der Waals surface area contributed by atoms with Gasteiger partial charge in [-0.05, 0) is 71.6 Å². The van der Waals surface area contributed by atoms with Gasteiger partial charge in [-0.1, -0.05) is 86.6 Å². The molecule has 0 atom stereocenters. The second kappa shape index (κ2) is 14.6. The van der Waals surface area contributed by atoms with Gasteiger partial charge in [-0.2, -0.15) is 10.2 Å². The van der Waals surface area contributed by atoms with E-state index in [-0.39, 0.29) is 11.5 Å². The number of hydrogen-bond acceptors (Lipinski definition) is 7. The summed E-state index contributed by atoms with van der Waals surface area (Å²) in [4.78, 5) is 0. The Morgan fingerprint density at radius 2 is 1.04 bits per heavy atom. The molecule has 0 spiro atoms. The van der Waals surface area contributed by atoms with Crippen molar-refractivity contribution < 1.29 is 14.6 Å². The van der Waals surface area contributed by atoms with Crippen LogP contribution < -0.4 is 5.73 Å². The number of nitrogens with two attached hydrogens (primary N) is 1. The molecule has 0 saturated heterocycles. The molecule has 0 saturated carbocycles. The standard InChI is InChI=1S/C18H12FN3OS.C18H14N4OS.C2H6/c2*19-12-8-9-14(16(23)10-12)17-20-21-18(24)22(17)15-7-3-5-11-4-1-2-6-13(11)15;1-2/h1-10,23H,(H,21,24);1-10,23H,19H2,(H,21,24);1-2H3. The van der Waals surface area contributed by atoms with Crippen LogP contribution in [-0.4, -0.2) is 39.7 Å². The molecule has 12 heteroatoms. The van der Waals surface area contributed by atoms with Crippen LogP contribution in [0, 0.1) is 15.4 Å². The molecule has 0 aliphatic carbocycles. The summed E-state index contributed by atoms with van der Waals surface area (Å²) in [6.45, 7) is 4.00. The number of hydrogen-bond donors (Lipinski definition) is 5. The second-order valence-electron chi connectivity index (χ2n) is 10.8. The second-order valence-corrected chi connectivity index (χ2v) is 11.6. The summed E-state index contributed by atoms with van der Waals surface area (Å²) >= 11 is 10.8. The van der Waals surface area contributed by atoms with Gasteiger partial charge < -0.3 is 15.9 Å². The molecule has 6 aromatic carbocycles. The van der Waals surface area contributed by atoms with E-state index >= 15 is 0 Å². The molecule has 0 radical (unpaired) electrons. The number of phenolic OH excluding ortho intramolecular Hbond substituents is 2. The highest BCUT2D eigenvalue weighted by Crippen LogP contribution is 2.34. The Balaban J connectivity index is 0.000000165. The molecule has 8 rings (SSSR count). The number of nitrogens with one attached hydrogen (secondary N) is 2. The summed E-state index contributed by atoms with van der Waals surface area (Å²) in [5, 5.41) is 38.7. The normalized spacial score (nSPS) is 10.7. The van der Waals surface area contributed by atoms with Gasteiger partial charge in [0.1, 0.15) is 17.3 Å². The van der Waals surface area contributed by atoms with Crippen molar-refractivity contribution in [2.24, 2.45) is 0 Å². The van der Waals surface area contributed by atoms with E-state index in [1.807, 2.05) is 103 Å². The molecule has 0 amide bonds. The Labute approximate surface area is 296 Å². The van der Waals surface area contributed by atoms with Crippen molar-refractivity contribution in [3.63, 3.8) is 0 Å². The monoisotopic (exact) mass is 701 g/mol. The SMILES string of the molecule is CC.Nc1ccc(-c2n[nH]c(=S)n2-c2cccc3ccccc23)c(O)c1.Oc1cc(F)ccc1-c1n[nH]c(=S)n1-c1cccc2ccccc12. The lowest BCUT2D eigenvalue weighted by Crippen LogP contribution is -1.99. The summed E-state index contributed by atoms with van der Waals surface area (Å²) < 4.78 is 17.7. The minimum Gasteiger partial charge on any atom is -0.507 e. The molecule has 0 aliphatic heterocycles. The molecule has 8 aromatic rings. The zero-order valence-corrected chi connectivity index (χ0v) is 28.6. The van der Waals surface area contributed by atoms with E-state index in [9.17, 15) is 14.6 Å². The van der Waals surface area contributed by atoms with Crippen LogP contribution in [0.1, 0.15) is 13.8 Å². The number of nitrogens with zero attached hydrogens (tertiary/aromatic N) is 4. The molecule has 0 unspecified atom stereocenters. The number of nitrogen functional groups attached to an aromatic ring is 1. The topological polar surface area (TPSA) is 134 Å². The molecule has 2 aromatic heterocycles. The smallest absolute Gasteiger partial charge is 0.200 e. The van der Waals surface area contributed by atoms with Crippen LogP contribution in [0.15, 0.2) is 121 Å². The van der Waals surface area contributed by atoms with E-state index in [1.165, 1.54) is 18.2 Å². The van der Waals surface area contributed by atoms with Gasteiger partial charge in [-0.25, -0.2) is 4.39 Å². The molecular weight excluding hydrogens is 670 g/mol. The Kier molecular flexibility index (Phi) is 9.84. The highest BCUT2D eigenvalue weighted by molar-refractivity contribution is 7.71. The highest BCUT2D eigenvalue weighted by atomic mass is 32.1. The number of halogens is 1. The van der Waals surface area contributed by atoms with Gasteiger partial charge in [-0.15, -0.1) is 0 Å². The molecule has 50 heavy (non-hydrogen) atoms. The number of aromatic amines is 2. The number of phenols is 2. The number of H-pyrrole nitrogens is 2. The van der Waals surface area contributed by atoms with E-state index in [2.05, 4.69) is 20.4 Å². The number of fused-ring (bicyclic) bond motifs is 2. The van der Waals surface area contributed by atoms with Crippen molar-refractivity contribution in [1.29, 1.82) is 0 Å². The maximum absolute atomic E-state index is 13.3. The molecule has 6 N–H and O–H groups in total. The zero-order chi connectivity index (χ0) is 35.4. The predicted molar refractivity (Wildman–Crippen MR) is 202 cm³/mol. The fourth-order valence-electron chi connectivity index (χ4n) is 5.64. The van der Waals surface area contributed by atoms with Crippen molar-refractivity contribution in [3.8, 4) is 45.6 Å². The van der Waals surface area contributed by atoms with Crippen molar-refractivity contribution in [1.82, 2.24) is 29.5 Å². The minimum atomic E-state index is -0.512. The average Bonchev–Trinajstić information content (AvgIpc) is 3.70. The molecule has 0 bridgehead atoms. The van der Waals surface area contributed by atoms with Gasteiger partial charge >= 0.3 is 0 Å². The maximum atomic E-state index is 13.3. The summed E-state index contributed by atoms with van der Waals surface area (Å²) in [5.74, 6) is 0.320. The molecule has 9 nitrogen and oxygen atoms in total.